The predicted octanol–water partition coefficient (Wildman–Crippen LogP) is 2.67. The molecule has 22 heavy (non-hydrogen) atoms. The summed E-state index contributed by atoms with van der Waals surface area (Å²) in [5, 5.41) is 12.1. The fraction of sp³-hybridized carbons (Fsp3) is 0.533. The number of hydrogen-bond donors (Lipinski definition) is 3. The first kappa shape index (κ1) is 18.4. The molecular formula is C15H24N2O4S. The molecule has 1 rings (SSSR count). The molecule has 0 heterocycles. The van der Waals surface area contributed by atoms with Crippen LogP contribution in [0.15, 0.2) is 23.1 Å². The molecule has 0 aliphatic rings. The lowest BCUT2D eigenvalue weighted by molar-refractivity contribution is 0.0696. The van der Waals surface area contributed by atoms with Crippen molar-refractivity contribution in [1.82, 2.24) is 4.72 Å². The van der Waals surface area contributed by atoms with E-state index in [2.05, 4.69) is 10.0 Å². The molecule has 1 aromatic rings. The third-order valence-corrected chi connectivity index (χ3v) is 4.79. The summed E-state index contributed by atoms with van der Waals surface area (Å²) in [4.78, 5) is 11.1. The highest BCUT2D eigenvalue weighted by atomic mass is 32.2. The standard InChI is InChI=1S/C15H24N2O4S/c1-4-6-11(3)17-22(20,21)14-10-12(15(18)19)7-8-13(14)16-9-5-2/h7-8,10-11,16-17H,4-6,9H2,1-3H3,(H,18,19)/t11-/m1/s1. The minimum Gasteiger partial charge on any atom is -0.478 e. The minimum atomic E-state index is -3.77. The Labute approximate surface area is 132 Å². The van der Waals surface area contributed by atoms with E-state index in [1.807, 2.05) is 13.8 Å². The van der Waals surface area contributed by atoms with Crippen molar-refractivity contribution in [2.45, 2.75) is 51.0 Å². The van der Waals surface area contributed by atoms with E-state index < -0.39 is 16.0 Å². The van der Waals surface area contributed by atoms with Crippen LogP contribution in [0.1, 0.15) is 50.4 Å². The third-order valence-electron chi connectivity index (χ3n) is 3.16. The molecule has 0 radical (unpaired) electrons. The Morgan fingerprint density at radius 2 is 1.95 bits per heavy atom. The van der Waals surface area contributed by atoms with Gasteiger partial charge in [0.1, 0.15) is 4.90 Å². The molecule has 0 saturated heterocycles. The number of benzene rings is 1. The van der Waals surface area contributed by atoms with E-state index >= 15 is 0 Å². The monoisotopic (exact) mass is 328 g/mol. The zero-order chi connectivity index (χ0) is 16.8. The number of carbonyl (C=O) groups is 1. The molecule has 1 atom stereocenters. The maximum Gasteiger partial charge on any atom is 0.335 e. The van der Waals surface area contributed by atoms with Gasteiger partial charge in [-0.1, -0.05) is 20.3 Å². The molecular weight excluding hydrogens is 304 g/mol. The summed E-state index contributed by atoms with van der Waals surface area (Å²) in [7, 11) is -3.77. The van der Waals surface area contributed by atoms with Crippen LogP contribution >= 0.6 is 0 Å². The predicted molar refractivity (Wildman–Crippen MR) is 86.9 cm³/mol. The van der Waals surface area contributed by atoms with Gasteiger partial charge in [0, 0.05) is 12.6 Å². The molecule has 0 aromatic heterocycles. The first-order chi connectivity index (χ1) is 10.3. The number of aromatic carboxylic acids is 1. The summed E-state index contributed by atoms with van der Waals surface area (Å²) >= 11 is 0. The molecule has 124 valence electrons. The summed E-state index contributed by atoms with van der Waals surface area (Å²) in [6.45, 7) is 6.35. The van der Waals surface area contributed by atoms with Gasteiger partial charge in [0.25, 0.3) is 0 Å². The number of rotatable bonds is 9. The first-order valence-corrected chi connectivity index (χ1v) is 8.93. The van der Waals surface area contributed by atoms with Crippen molar-refractivity contribution in [1.29, 1.82) is 0 Å². The highest BCUT2D eigenvalue weighted by Crippen LogP contribution is 2.23. The van der Waals surface area contributed by atoms with Gasteiger partial charge in [-0.2, -0.15) is 0 Å². The zero-order valence-corrected chi connectivity index (χ0v) is 14.0. The SMILES string of the molecule is CCCNc1ccc(C(=O)O)cc1S(=O)(=O)N[C@H](C)CCC. The molecule has 0 unspecified atom stereocenters. The molecule has 0 amide bonds. The molecule has 0 saturated carbocycles. The first-order valence-electron chi connectivity index (χ1n) is 7.45. The second-order valence-electron chi connectivity index (χ2n) is 5.25. The van der Waals surface area contributed by atoms with Crippen molar-refractivity contribution in [3.63, 3.8) is 0 Å². The Kier molecular flexibility index (Phi) is 6.83. The van der Waals surface area contributed by atoms with Crippen molar-refractivity contribution in [3.8, 4) is 0 Å². The van der Waals surface area contributed by atoms with E-state index in [0.717, 1.165) is 19.3 Å². The van der Waals surface area contributed by atoms with Crippen molar-refractivity contribution in [3.05, 3.63) is 23.8 Å². The molecule has 3 N–H and O–H groups in total. The Balaban J connectivity index is 3.21. The minimum absolute atomic E-state index is 0.0243. The van der Waals surface area contributed by atoms with Crippen molar-refractivity contribution >= 4 is 21.7 Å². The summed E-state index contributed by atoms with van der Waals surface area (Å²) < 4.78 is 27.7. The zero-order valence-electron chi connectivity index (χ0n) is 13.2. The topological polar surface area (TPSA) is 95.5 Å². The average molecular weight is 328 g/mol. The quantitative estimate of drug-likeness (QED) is 0.648. The van der Waals surface area contributed by atoms with Crippen molar-refractivity contribution in [2.75, 3.05) is 11.9 Å². The normalized spacial score (nSPS) is 12.9. The van der Waals surface area contributed by atoms with Crippen LogP contribution in [0.5, 0.6) is 0 Å². The van der Waals surface area contributed by atoms with Gasteiger partial charge in [-0.15, -0.1) is 0 Å². The van der Waals surface area contributed by atoms with Crippen LogP contribution in [0.25, 0.3) is 0 Å². The molecule has 1 aromatic carbocycles. The van der Waals surface area contributed by atoms with Crippen LogP contribution in [-0.4, -0.2) is 32.1 Å². The van der Waals surface area contributed by atoms with Gasteiger partial charge in [-0.3, -0.25) is 0 Å². The molecule has 0 spiro atoms. The number of carboxylic acid groups (broad SMARTS) is 1. The molecule has 0 bridgehead atoms. The summed E-state index contributed by atoms with van der Waals surface area (Å²) in [6, 6.07) is 3.89. The Hall–Kier alpha value is -1.60. The van der Waals surface area contributed by atoms with Crippen LogP contribution in [0, 0.1) is 0 Å². The lowest BCUT2D eigenvalue weighted by Gasteiger charge is -2.17. The lowest BCUT2D eigenvalue weighted by Crippen LogP contribution is -2.33. The van der Waals surface area contributed by atoms with Crippen LogP contribution in [-0.2, 0) is 10.0 Å². The second kappa shape index (κ2) is 8.14. The van der Waals surface area contributed by atoms with Gasteiger partial charge < -0.3 is 10.4 Å². The molecule has 0 aliphatic carbocycles. The van der Waals surface area contributed by atoms with E-state index in [1.54, 1.807) is 6.92 Å². The summed E-state index contributed by atoms with van der Waals surface area (Å²) in [6.07, 6.45) is 2.41. The van der Waals surface area contributed by atoms with Crippen LogP contribution < -0.4 is 10.0 Å². The van der Waals surface area contributed by atoms with E-state index in [4.69, 9.17) is 5.11 Å². The molecule has 6 nitrogen and oxygen atoms in total. The molecule has 0 fully saturated rings. The van der Waals surface area contributed by atoms with Crippen LogP contribution in [0.3, 0.4) is 0 Å². The average Bonchev–Trinajstić information content (AvgIpc) is 2.44. The number of hydrogen-bond acceptors (Lipinski definition) is 4. The molecule has 7 heteroatoms. The van der Waals surface area contributed by atoms with Crippen molar-refractivity contribution in [2.24, 2.45) is 0 Å². The van der Waals surface area contributed by atoms with Gasteiger partial charge in [-0.05, 0) is 38.0 Å². The van der Waals surface area contributed by atoms with Gasteiger partial charge in [0.15, 0.2) is 0 Å². The van der Waals surface area contributed by atoms with E-state index in [9.17, 15) is 13.2 Å². The van der Waals surface area contributed by atoms with E-state index in [-0.39, 0.29) is 16.5 Å². The lowest BCUT2D eigenvalue weighted by atomic mass is 10.2. The maximum absolute atomic E-state index is 12.5. The van der Waals surface area contributed by atoms with Crippen LogP contribution in [0.4, 0.5) is 5.69 Å². The van der Waals surface area contributed by atoms with Crippen LogP contribution in [0.2, 0.25) is 0 Å². The maximum atomic E-state index is 12.5. The van der Waals surface area contributed by atoms with Gasteiger partial charge in [-0.25, -0.2) is 17.9 Å². The number of sulfonamides is 1. The highest BCUT2D eigenvalue weighted by molar-refractivity contribution is 7.89. The Bertz CT molecular complexity index is 614. The number of anilines is 1. The summed E-state index contributed by atoms with van der Waals surface area (Å²) in [5.74, 6) is -1.15. The largest absolute Gasteiger partial charge is 0.478 e. The Morgan fingerprint density at radius 3 is 2.50 bits per heavy atom. The summed E-state index contributed by atoms with van der Waals surface area (Å²) in [5.41, 5.74) is 0.369. The smallest absolute Gasteiger partial charge is 0.335 e. The fourth-order valence-corrected chi connectivity index (χ4v) is 3.59. The number of carboxylic acids is 1. The van der Waals surface area contributed by atoms with E-state index in [1.165, 1.54) is 18.2 Å². The van der Waals surface area contributed by atoms with Gasteiger partial charge >= 0.3 is 5.97 Å². The number of nitrogens with one attached hydrogen (secondary N) is 2. The van der Waals surface area contributed by atoms with Crippen molar-refractivity contribution < 1.29 is 18.3 Å². The molecule has 0 aliphatic heterocycles. The Morgan fingerprint density at radius 1 is 1.27 bits per heavy atom. The fourth-order valence-electron chi connectivity index (χ4n) is 2.10. The van der Waals surface area contributed by atoms with Gasteiger partial charge in [0.2, 0.25) is 10.0 Å². The van der Waals surface area contributed by atoms with E-state index in [0.29, 0.717) is 12.2 Å². The van der Waals surface area contributed by atoms with Gasteiger partial charge in [0.05, 0.1) is 11.3 Å². The highest BCUT2D eigenvalue weighted by Gasteiger charge is 2.22. The second-order valence-corrected chi connectivity index (χ2v) is 6.94. The third kappa shape index (κ3) is 4.99.